The predicted octanol–water partition coefficient (Wildman–Crippen LogP) is 3.19. The number of carbonyl (C=O) groups excluding carboxylic acids is 1. The Hall–Kier alpha value is -3.16. The van der Waals surface area contributed by atoms with Crippen molar-refractivity contribution in [3.63, 3.8) is 0 Å². The van der Waals surface area contributed by atoms with Gasteiger partial charge in [-0.1, -0.05) is 5.16 Å². The molecule has 0 spiro atoms. The van der Waals surface area contributed by atoms with Gasteiger partial charge in [-0.2, -0.15) is 0 Å². The first-order chi connectivity index (χ1) is 13.4. The van der Waals surface area contributed by atoms with Crippen LogP contribution in [-0.4, -0.2) is 46.6 Å². The van der Waals surface area contributed by atoms with Crippen LogP contribution in [0.4, 0.5) is 4.79 Å². The van der Waals surface area contributed by atoms with Crippen LogP contribution in [0.15, 0.2) is 48.0 Å². The maximum atomic E-state index is 11.7. The van der Waals surface area contributed by atoms with E-state index in [-0.39, 0.29) is 12.6 Å². The zero-order chi connectivity index (χ0) is 20.0. The normalized spacial score (nSPS) is 16.1. The van der Waals surface area contributed by atoms with E-state index in [1.807, 2.05) is 45.0 Å². The second-order valence-electron chi connectivity index (χ2n) is 7.35. The Labute approximate surface area is 163 Å². The van der Waals surface area contributed by atoms with Crippen LogP contribution in [0.1, 0.15) is 27.2 Å². The molecule has 0 radical (unpaired) electrons. The van der Waals surface area contributed by atoms with Gasteiger partial charge in [-0.15, -0.1) is 0 Å². The first-order valence-corrected chi connectivity index (χ1v) is 9.07. The van der Waals surface area contributed by atoms with E-state index in [0.717, 1.165) is 17.0 Å². The summed E-state index contributed by atoms with van der Waals surface area (Å²) in [5.74, 6) is 0.652. The van der Waals surface area contributed by atoms with Gasteiger partial charge >= 0.3 is 6.09 Å². The Bertz CT molecular complexity index is 834. The zero-order valence-corrected chi connectivity index (χ0v) is 16.2. The zero-order valence-electron chi connectivity index (χ0n) is 16.2. The van der Waals surface area contributed by atoms with Gasteiger partial charge in [-0.25, -0.2) is 4.79 Å². The lowest BCUT2D eigenvalue weighted by Crippen LogP contribution is -2.35. The molecule has 1 N–H and O–H groups in total. The van der Waals surface area contributed by atoms with Crippen LogP contribution in [-0.2, 0) is 9.57 Å². The largest absolute Gasteiger partial charge is 0.487 e. The lowest BCUT2D eigenvalue weighted by Gasteiger charge is -2.19. The highest BCUT2D eigenvalue weighted by Crippen LogP contribution is 2.27. The molecule has 0 aromatic carbocycles. The second kappa shape index (κ2) is 8.69. The fourth-order valence-electron chi connectivity index (χ4n) is 2.58. The van der Waals surface area contributed by atoms with E-state index in [1.54, 1.807) is 18.6 Å². The Morgan fingerprint density at radius 2 is 2.11 bits per heavy atom. The van der Waals surface area contributed by atoms with E-state index < -0.39 is 11.7 Å². The van der Waals surface area contributed by atoms with Crippen molar-refractivity contribution in [1.82, 2.24) is 15.3 Å². The fourth-order valence-corrected chi connectivity index (χ4v) is 2.58. The van der Waals surface area contributed by atoms with Crippen molar-refractivity contribution in [2.45, 2.75) is 38.9 Å². The molecule has 0 saturated heterocycles. The van der Waals surface area contributed by atoms with E-state index in [0.29, 0.717) is 18.8 Å². The molecule has 8 nitrogen and oxygen atoms in total. The smallest absolute Gasteiger partial charge is 0.407 e. The third-order valence-corrected chi connectivity index (χ3v) is 3.76. The molecule has 2 aromatic rings. The Morgan fingerprint density at radius 3 is 2.86 bits per heavy atom. The maximum absolute atomic E-state index is 11.7. The monoisotopic (exact) mass is 384 g/mol. The van der Waals surface area contributed by atoms with Crippen LogP contribution in [0.25, 0.3) is 11.3 Å². The maximum Gasteiger partial charge on any atom is 0.407 e. The summed E-state index contributed by atoms with van der Waals surface area (Å²) in [6.07, 6.45) is 5.03. The highest BCUT2D eigenvalue weighted by atomic mass is 16.7. The Morgan fingerprint density at radius 1 is 1.29 bits per heavy atom. The molecule has 0 aliphatic carbocycles. The van der Waals surface area contributed by atoms with Crippen molar-refractivity contribution in [1.29, 1.82) is 0 Å². The molecule has 1 aliphatic heterocycles. The molecule has 1 unspecified atom stereocenters. The quantitative estimate of drug-likeness (QED) is 0.822. The molecule has 1 amide bonds. The summed E-state index contributed by atoms with van der Waals surface area (Å²) in [4.78, 5) is 25.6. The van der Waals surface area contributed by atoms with Gasteiger partial charge in [0.1, 0.15) is 23.7 Å². The fraction of sp³-hybridized carbons (Fsp3) is 0.400. The summed E-state index contributed by atoms with van der Waals surface area (Å²) >= 11 is 0. The standard InChI is InChI=1S/C20H24N4O4/c1-20(2,3)27-19(25)23-12-15-10-16(28-24-15)13-26-17-7-5-9-22-18(17)14-6-4-8-21-11-14/h4-9,11,16H,10,12-13H2,1-3H3,(H,23,25). The third kappa shape index (κ3) is 5.67. The van der Waals surface area contributed by atoms with Gasteiger partial charge in [-0.05, 0) is 45.0 Å². The lowest BCUT2D eigenvalue weighted by molar-refractivity contribution is 0.0471. The topological polar surface area (TPSA) is 94.9 Å². The van der Waals surface area contributed by atoms with Crippen molar-refractivity contribution in [2.24, 2.45) is 5.16 Å². The van der Waals surface area contributed by atoms with E-state index >= 15 is 0 Å². The number of amides is 1. The van der Waals surface area contributed by atoms with Crippen LogP contribution >= 0.6 is 0 Å². The highest BCUT2D eigenvalue weighted by molar-refractivity contribution is 5.89. The van der Waals surface area contributed by atoms with Crippen LogP contribution in [0.2, 0.25) is 0 Å². The summed E-state index contributed by atoms with van der Waals surface area (Å²) in [5.41, 5.74) is 1.80. The summed E-state index contributed by atoms with van der Waals surface area (Å²) < 4.78 is 11.1. The number of rotatable bonds is 6. The van der Waals surface area contributed by atoms with Gasteiger partial charge < -0.3 is 19.6 Å². The van der Waals surface area contributed by atoms with Crippen LogP contribution in [0, 0.1) is 0 Å². The number of aromatic nitrogens is 2. The molecule has 0 saturated carbocycles. The molecular formula is C20H24N4O4. The number of pyridine rings is 2. The van der Waals surface area contributed by atoms with E-state index in [2.05, 4.69) is 20.4 Å². The minimum absolute atomic E-state index is 0.225. The minimum atomic E-state index is -0.538. The molecule has 0 fully saturated rings. The van der Waals surface area contributed by atoms with E-state index in [4.69, 9.17) is 14.3 Å². The van der Waals surface area contributed by atoms with Crippen LogP contribution < -0.4 is 10.1 Å². The van der Waals surface area contributed by atoms with E-state index in [9.17, 15) is 4.79 Å². The van der Waals surface area contributed by atoms with Gasteiger partial charge in [0, 0.05) is 30.6 Å². The number of hydrogen-bond donors (Lipinski definition) is 1. The van der Waals surface area contributed by atoms with Gasteiger partial charge in [0.2, 0.25) is 0 Å². The molecule has 0 bridgehead atoms. The molecule has 8 heteroatoms. The molecule has 2 aromatic heterocycles. The highest BCUT2D eigenvalue weighted by Gasteiger charge is 2.24. The van der Waals surface area contributed by atoms with E-state index in [1.165, 1.54) is 0 Å². The van der Waals surface area contributed by atoms with Gasteiger partial charge in [-0.3, -0.25) is 9.97 Å². The lowest BCUT2D eigenvalue weighted by atomic mass is 10.1. The van der Waals surface area contributed by atoms with Crippen LogP contribution in [0.5, 0.6) is 5.75 Å². The summed E-state index contributed by atoms with van der Waals surface area (Å²) in [5, 5.41) is 6.70. The van der Waals surface area contributed by atoms with Crippen molar-refractivity contribution < 1.29 is 19.1 Å². The number of hydrogen-bond acceptors (Lipinski definition) is 7. The molecule has 1 aliphatic rings. The van der Waals surface area contributed by atoms with Crippen LogP contribution in [0.3, 0.4) is 0 Å². The second-order valence-corrected chi connectivity index (χ2v) is 7.35. The van der Waals surface area contributed by atoms with Gasteiger partial charge in [0.25, 0.3) is 0 Å². The number of ether oxygens (including phenoxy) is 2. The molecule has 28 heavy (non-hydrogen) atoms. The first-order valence-electron chi connectivity index (χ1n) is 9.07. The number of carbonyl (C=O) groups is 1. The SMILES string of the molecule is CC(C)(C)OC(=O)NCC1=NOC(COc2cccnc2-c2cccnc2)C1. The van der Waals surface area contributed by atoms with Gasteiger partial charge in [0.15, 0.2) is 6.10 Å². The van der Waals surface area contributed by atoms with Crippen molar-refractivity contribution in [3.05, 3.63) is 42.9 Å². The molecule has 3 rings (SSSR count). The minimum Gasteiger partial charge on any atom is -0.487 e. The van der Waals surface area contributed by atoms with Gasteiger partial charge in [0.05, 0.1) is 12.3 Å². The number of nitrogens with zero attached hydrogens (tertiary/aromatic N) is 3. The summed E-state index contributed by atoms with van der Waals surface area (Å²) in [6.45, 7) is 6.04. The molecular weight excluding hydrogens is 360 g/mol. The molecule has 1 atom stereocenters. The summed E-state index contributed by atoms with van der Waals surface area (Å²) in [6, 6.07) is 7.46. The number of alkyl carbamates (subject to hydrolysis) is 1. The van der Waals surface area contributed by atoms with Crippen molar-refractivity contribution >= 4 is 11.8 Å². The molecule has 148 valence electrons. The third-order valence-electron chi connectivity index (χ3n) is 3.76. The molecule has 3 heterocycles. The average Bonchev–Trinajstić information content (AvgIpc) is 3.12. The summed E-state index contributed by atoms with van der Waals surface area (Å²) in [7, 11) is 0. The van der Waals surface area contributed by atoms with Crippen molar-refractivity contribution in [3.8, 4) is 17.0 Å². The number of oxime groups is 1. The number of nitrogens with one attached hydrogen (secondary N) is 1. The Balaban J connectivity index is 1.48. The predicted molar refractivity (Wildman–Crippen MR) is 104 cm³/mol. The van der Waals surface area contributed by atoms with Crippen molar-refractivity contribution in [2.75, 3.05) is 13.2 Å². The average molecular weight is 384 g/mol. The first kappa shape index (κ1) is 19.6. The Kier molecular flexibility index (Phi) is 6.08.